The molecule has 1 aromatic heterocycles. The van der Waals surface area contributed by atoms with Crippen LogP contribution in [0.15, 0.2) is 65.6 Å². The maximum absolute atomic E-state index is 12.3. The Bertz CT molecular complexity index is 888. The molecule has 0 saturated heterocycles. The first-order chi connectivity index (χ1) is 11.6. The van der Waals surface area contributed by atoms with E-state index in [0.717, 1.165) is 23.4 Å². The van der Waals surface area contributed by atoms with Gasteiger partial charge in [0.1, 0.15) is 0 Å². The molecule has 0 aliphatic carbocycles. The lowest BCUT2D eigenvalue weighted by atomic mass is 10.1. The van der Waals surface area contributed by atoms with Crippen LogP contribution in [0.3, 0.4) is 0 Å². The topological polar surface area (TPSA) is 34.9 Å². The smallest absolute Gasteiger partial charge is 0.245 e. The second-order valence-corrected chi connectivity index (χ2v) is 6.74. The molecule has 24 heavy (non-hydrogen) atoms. The van der Waals surface area contributed by atoms with Gasteiger partial charge in [0, 0.05) is 24.1 Å². The minimum atomic E-state index is -0.204. The minimum absolute atomic E-state index is 0.204. The van der Waals surface area contributed by atoms with E-state index < -0.39 is 0 Å². The standard InChI is InChI=1S/C20H20N2OS/c1-15-8-6-7-11-18(15)14-24-22-19(16(2)13-21-20(22)23)12-17-9-4-3-5-10-17/h3-11,13H,12,14H2,1-2H3. The summed E-state index contributed by atoms with van der Waals surface area (Å²) in [6, 6.07) is 18.5. The predicted molar refractivity (Wildman–Crippen MR) is 100 cm³/mol. The van der Waals surface area contributed by atoms with Crippen molar-refractivity contribution in [1.82, 2.24) is 8.96 Å². The summed E-state index contributed by atoms with van der Waals surface area (Å²) >= 11 is 1.52. The van der Waals surface area contributed by atoms with Crippen molar-refractivity contribution < 1.29 is 0 Å². The van der Waals surface area contributed by atoms with Gasteiger partial charge in [0.15, 0.2) is 0 Å². The average molecular weight is 336 g/mol. The Morgan fingerprint density at radius 2 is 1.67 bits per heavy atom. The van der Waals surface area contributed by atoms with Crippen molar-refractivity contribution >= 4 is 11.9 Å². The van der Waals surface area contributed by atoms with Crippen molar-refractivity contribution in [3.8, 4) is 0 Å². The third-order valence-electron chi connectivity index (χ3n) is 4.07. The normalized spacial score (nSPS) is 10.8. The van der Waals surface area contributed by atoms with Gasteiger partial charge in [-0.3, -0.25) is 0 Å². The lowest BCUT2D eigenvalue weighted by molar-refractivity contribution is 0.905. The highest BCUT2D eigenvalue weighted by Crippen LogP contribution is 2.21. The highest BCUT2D eigenvalue weighted by molar-refractivity contribution is 7.97. The summed E-state index contributed by atoms with van der Waals surface area (Å²) in [6.07, 6.45) is 2.40. The van der Waals surface area contributed by atoms with Crippen molar-refractivity contribution in [2.45, 2.75) is 26.0 Å². The molecule has 0 N–H and O–H groups in total. The summed E-state index contributed by atoms with van der Waals surface area (Å²) in [7, 11) is 0. The van der Waals surface area contributed by atoms with E-state index in [1.165, 1.54) is 28.6 Å². The molecule has 0 bridgehead atoms. The Balaban J connectivity index is 1.91. The first-order valence-corrected chi connectivity index (χ1v) is 8.88. The molecule has 122 valence electrons. The van der Waals surface area contributed by atoms with E-state index in [2.05, 4.69) is 36.2 Å². The predicted octanol–water partition coefficient (Wildman–Crippen LogP) is 4.15. The van der Waals surface area contributed by atoms with Crippen LogP contribution in [0.4, 0.5) is 0 Å². The van der Waals surface area contributed by atoms with E-state index in [1.54, 1.807) is 10.2 Å². The van der Waals surface area contributed by atoms with Gasteiger partial charge >= 0.3 is 5.69 Å². The number of rotatable bonds is 5. The van der Waals surface area contributed by atoms with E-state index in [-0.39, 0.29) is 5.69 Å². The van der Waals surface area contributed by atoms with E-state index in [4.69, 9.17) is 0 Å². The lowest BCUT2D eigenvalue weighted by Crippen LogP contribution is -2.23. The number of aryl methyl sites for hydroxylation is 2. The fourth-order valence-electron chi connectivity index (χ4n) is 2.59. The zero-order valence-corrected chi connectivity index (χ0v) is 14.7. The van der Waals surface area contributed by atoms with Crippen molar-refractivity contribution in [3.63, 3.8) is 0 Å². The molecule has 3 aromatic rings. The molecule has 0 atom stereocenters. The van der Waals surface area contributed by atoms with Crippen LogP contribution in [0, 0.1) is 13.8 Å². The SMILES string of the molecule is Cc1ccccc1CSn1c(Cc2ccccc2)c(C)cnc1=O. The molecule has 0 aliphatic rings. The van der Waals surface area contributed by atoms with Crippen LogP contribution in [0.25, 0.3) is 0 Å². The third-order valence-corrected chi connectivity index (χ3v) is 5.14. The van der Waals surface area contributed by atoms with E-state index in [1.807, 2.05) is 37.3 Å². The Morgan fingerprint density at radius 3 is 2.42 bits per heavy atom. The number of aromatic nitrogens is 2. The van der Waals surface area contributed by atoms with Gasteiger partial charge in [0.2, 0.25) is 0 Å². The molecule has 4 heteroatoms. The molecular formula is C20H20N2OS. The molecule has 0 radical (unpaired) electrons. The van der Waals surface area contributed by atoms with E-state index in [9.17, 15) is 4.79 Å². The summed E-state index contributed by atoms with van der Waals surface area (Å²) in [5.41, 5.74) is 5.52. The summed E-state index contributed by atoms with van der Waals surface area (Å²) in [5.74, 6) is 0.750. The van der Waals surface area contributed by atoms with Gasteiger partial charge in [-0.05, 0) is 48.0 Å². The first-order valence-electron chi connectivity index (χ1n) is 7.94. The Labute approximate surface area is 146 Å². The maximum Gasteiger partial charge on any atom is 0.357 e. The molecule has 2 aromatic carbocycles. The molecule has 0 fully saturated rings. The molecule has 3 nitrogen and oxygen atoms in total. The summed E-state index contributed by atoms with van der Waals surface area (Å²) < 4.78 is 1.74. The molecule has 0 saturated carbocycles. The Hall–Kier alpha value is -2.33. The molecule has 0 aliphatic heterocycles. The summed E-state index contributed by atoms with van der Waals surface area (Å²) in [5, 5.41) is 0. The molecule has 0 unspecified atom stereocenters. The van der Waals surface area contributed by atoms with Crippen LogP contribution in [0.1, 0.15) is 27.9 Å². The zero-order valence-electron chi connectivity index (χ0n) is 13.9. The summed E-state index contributed by atoms with van der Waals surface area (Å²) in [6.45, 7) is 4.10. The lowest BCUT2D eigenvalue weighted by Gasteiger charge is -2.14. The number of hydrogen-bond donors (Lipinski definition) is 0. The van der Waals surface area contributed by atoms with Gasteiger partial charge in [-0.25, -0.2) is 13.8 Å². The van der Waals surface area contributed by atoms with Crippen LogP contribution >= 0.6 is 11.9 Å². The van der Waals surface area contributed by atoms with Crippen LogP contribution in [-0.2, 0) is 12.2 Å². The average Bonchev–Trinajstić information content (AvgIpc) is 2.60. The zero-order chi connectivity index (χ0) is 16.9. The first kappa shape index (κ1) is 16.5. The van der Waals surface area contributed by atoms with Crippen molar-refractivity contribution in [2.75, 3.05) is 0 Å². The molecule has 0 spiro atoms. The fraction of sp³-hybridized carbons (Fsp3) is 0.200. The van der Waals surface area contributed by atoms with Crippen LogP contribution < -0.4 is 5.69 Å². The summed E-state index contributed by atoms with van der Waals surface area (Å²) in [4.78, 5) is 16.3. The maximum atomic E-state index is 12.3. The van der Waals surface area contributed by atoms with Crippen LogP contribution in [-0.4, -0.2) is 8.96 Å². The van der Waals surface area contributed by atoms with Gasteiger partial charge in [0.05, 0.1) is 0 Å². The third kappa shape index (κ3) is 3.77. The van der Waals surface area contributed by atoms with Gasteiger partial charge in [-0.1, -0.05) is 54.6 Å². The second-order valence-electron chi connectivity index (χ2n) is 5.83. The number of hydrogen-bond acceptors (Lipinski definition) is 3. The fourth-order valence-corrected chi connectivity index (χ4v) is 3.71. The van der Waals surface area contributed by atoms with E-state index in [0.29, 0.717) is 0 Å². The number of benzene rings is 2. The number of nitrogens with zero attached hydrogens (tertiary/aromatic N) is 2. The van der Waals surface area contributed by atoms with Crippen LogP contribution in [0.2, 0.25) is 0 Å². The monoisotopic (exact) mass is 336 g/mol. The highest BCUT2D eigenvalue weighted by Gasteiger charge is 2.11. The molecule has 1 heterocycles. The molecule has 3 rings (SSSR count). The second kappa shape index (κ2) is 7.49. The highest BCUT2D eigenvalue weighted by atomic mass is 32.2. The van der Waals surface area contributed by atoms with Crippen molar-refractivity contribution in [2.24, 2.45) is 0 Å². The van der Waals surface area contributed by atoms with Crippen molar-refractivity contribution in [3.05, 3.63) is 99.2 Å². The quantitative estimate of drug-likeness (QED) is 0.702. The van der Waals surface area contributed by atoms with Gasteiger partial charge in [-0.2, -0.15) is 0 Å². The minimum Gasteiger partial charge on any atom is -0.245 e. The van der Waals surface area contributed by atoms with Gasteiger partial charge in [0.25, 0.3) is 0 Å². The Morgan fingerprint density at radius 1 is 0.958 bits per heavy atom. The van der Waals surface area contributed by atoms with Gasteiger partial charge in [-0.15, -0.1) is 0 Å². The van der Waals surface area contributed by atoms with Crippen LogP contribution in [0.5, 0.6) is 0 Å². The van der Waals surface area contributed by atoms with Crippen molar-refractivity contribution in [1.29, 1.82) is 0 Å². The van der Waals surface area contributed by atoms with Gasteiger partial charge < -0.3 is 0 Å². The largest absolute Gasteiger partial charge is 0.357 e. The van der Waals surface area contributed by atoms with E-state index >= 15 is 0 Å². The molecule has 0 amide bonds. The molecular weight excluding hydrogens is 316 g/mol. The Kier molecular flexibility index (Phi) is 5.16.